The second-order valence-corrected chi connectivity index (χ2v) is 10.4. The fraction of sp³-hybridized carbons (Fsp3) is 0.300. The molecule has 2 aliphatic heterocycles. The highest BCUT2D eigenvalue weighted by atomic mass is 32.2. The van der Waals surface area contributed by atoms with Crippen LogP contribution in [0.4, 0.5) is 13.9 Å². The van der Waals surface area contributed by atoms with Crippen molar-refractivity contribution in [2.45, 2.75) is 17.7 Å². The first-order valence-corrected chi connectivity index (χ1v) is 12.0. The van der Waals surface area contributed by atoms with Gasteiger partial charge in [0.05, 0.1) is 15.1 Å². The normalized spacial score (nSPS) is 17.1. The number of nitrogens with one attached hydrogen (secondary N) is 1. The molecule has 2 aromatic carbocycles. The summed E-state index contributed by atoms with van der Waals surface area (Å²) in [6, 6.07) is 6.06. The molecule has 8 nitrogen and oxygen atoms in total. The Bertz CT molecular complexity index is 1280. The highest BCUT2D eigenvalue weighted by Crippen LogP contribution is 2.39. The lowest BCUT2D eigenvalue weighted by Gasteiger charge is -2.30. The van der Waals surface area contributed by atoms with Crippen molar-refractivity contribution in [3.63, 3.8) is 0 Å². The van der Waals surface area contributed by atoms with Crippen molar-refractivity contribution in [2.75, 3.05) is 25.2 Å². The van der Waals surface area contributed by atoms with Crippen molar-refractivity contribution in [3.05, 3.63) is 42.0 Å². The van der Waals surface area contributed by atoms with E-state index >= 15 is 0 Å². The third-order valence-corrected chi connectivity index (χ3v) is 8.29. The molecule has 1 aromatic heterocycles. The van der Waals surface area contributed by atoms with Gasteiger partial charge in [0.25, 0.3) is 0 Å². The van der Waals surface area contributed by atoms with Crippen LogP contribution in [0.3, 0.4) is 0 Å². The monoisotopic (exact) mass is 481 g/mol. The largest absolute Gasteiger partial charge is 0.454 e. The first-order chi connectivity index (χ1) is 15.3. The molecule has 2 aliphatic rings. The number of ether oxygens (including phenoxy) is 2. The molecular formula is C20H17F2N3O5S2. The number of aromatic nitrogens is 1. The van der Waals surface area contributed by atoms with Gasteiger partial charge in [-0.1, -0.05) is 11.3 Å². The molecule has 5 rings (SSSR count). The lowest BCUT2D eigenvalue weighted by atomic mass is 9.97. The van der Waals surface area contributed by atoms with Gasteiger partial charge < -0.3 is 14.8 Å². The number of benzene rings is 2. The molecule has 3 aromatic rings. The summed E-state index contributed by atoms with van der Waals surface area (Å²) in [7, 11) is -3.97. The average molecular weight is 482 g/mol. The number of piperidine rings is 1. The molecular weight excluding hydrogens is 464 g/mol. The van der Waals surface area contributed by atoms with Crippen LogP contribution < -0.4 is 14.8 Å². The number of thiazole rings is 1. The van der Waals surface area contributed by atoms with E-state index in [0.717, 1.165) is 16.8 Å². The van der Waals surface area contributed by atoms with Crippen molar-refractivity contribution < 1.29 is 31.5 Å². The number of carbonyl (C=O) groups is 1. The average Bonchev–Trinajstić information content (AvgIpc) is 3.39. The molecule has 0 bridgehead atoms. The number of amides is 1. The number of nitrogens with zero attached hydrogens (tertiary/aromatic N) is 2. The maximum absolute atomic E-state index is 13.5. The van der Waals surface area contributed by atoms with Gasteiger partial charge in [0, 0.05) is 31.1 Å². The van der Waals surface area contributed by atoms with E-state index in [2.05, 4.69) is 10.3 Å². The van der Waals surface area contributed by atoms with Crippen LogP contribution in [0, 0.1) is 17.6 Å². The Balaban J connectivity index is 1.23. The Kier molecular flexibility index (Phi) is 5.22. The maximum atomic E-state index is 13.5. The number of halogens is 2. The number of rotatable bonds is 4. The molecule has 168 valence electrons. The zero-order chi connectivity index (χ0) is 22.5. The molecule has 0 aliphatic carbocycles. The predicted octanol–water partition coefficient (Wildman–Crippen LogP) is 3.34. The number of carbonyl (C=O) groups excluding carboxylic acids is 1. The quantitative estimate of drug-likeness (QED) is 0.614. The molecule has 1 N–H and O–H groups in total. The molecule has 0 unspecified atom stereocenters. The third-order valence-electron chi connectivity index (χ3n) is 5.47. The van der Waals surface area contributed by atoms with Gasteiger partial charge in [-0.15, -0.1) is 0 Å². The van der Waals surface area contributed by atoms with E-state index < -0.39 is 27.6 Å². The molecule has 1 amide bonds. The summed E-state index contributed by atoms with van der Waals surface area (Å²) in [5.74, 6) is -1.73. The molecule has 0 radical (unpaired) electrons. The third kappa shape index (κ3) is 3.78. The number of fused-ring (bicyclic) bond motifs is 2. The molecule has 0 spiro atoms. The Morgan fingerprint density at radius 2 is 1.81 bits per heavy atom. The fourth-order valence-corrected chi connectivity index (χ4v) is 6.08. The summed E-state index contributed by atoms with van der Waals surface area (Å²) < 4.78 is 64.7. The lowest BCUT2D eigenvalue weighted by molar-refractivity contribution is -0.120. The first-order valence-electron chi connectivity index (χ1n) is 9.77. The number of anilines is 1. The molecule has 0 atom stereocenters. The Morgan fingerprint density at radius 1 is 1.09 bits per heavy atom. The van der Waals surface area contributed by atoms with Crippen molar-refractivity contribution in [3.8, 4) is 11.5 Å². The Hall–Kier alpha value is -2.83. The minimum absolute atomic E-state index is 0.0979. The summed E-state index contributed by atoms with van der Waals surface area (Å²) in [6.45, 7) is 0.363. The second-order valence-electron chi connectivity index (χ2n) is 7.44. The smallest absolute Gasteiger partial charge is 0.243 e. The molecule has 12 heteroatoms. The van der Waals surface area contributed by atoms with Gasteiger partial charge in [0.1, 0.15) is 0 Å². The molecule has 1 saturated heterocycles. The predicted molar refractivity (Wildman–Crippen MR) is 112 cm³/mol. The summed E-state index contributed by atoms with van der Waals surface area (Å²) in [5.41, 5.74) is 0.682. The highest BCUT2D eigenvalue weighted by Gasteiger charge is 2.33. The Labute approximate surface area is 185 Å². The number of sulfonamides is 1. The topological polar surface area (TPSA) is 97.8 Å². The first kappa shape index (κ1) is 21.0. The summed E-state index contributed by atoms with van der Waals surface area (Å²) >= 11 is 1.31. The highest BCUT2D eigenvalue weighted by molar-refractivity contribution is 7.89. The van der Waals surface area contributed by atoms with Gasteiger partial charge in [-0.25, -0.2) is 22.2 Å². The Morgan fingerprint density at radius 3 is 2.53 bits per heavy atom. The van der Waals surface area contributed by atoms with Crippen molar-refractivity contribution in [2.24, 2.45) is 5.92 Å². The fourth-order valence-electron chi connectivity index (χ4n) is 3.72. The summed E-state index contributed by atoms with van der Waals surface area (Å²) in [6.07, 6.45) is 0.602. The van der Waals surface area contributed by atoms with Crippen molar-refractivity contribution in [1.82, 2.24) is 9.29 Å². The van der Waals surface area contributed by atoms with Crippen LogP contribution in [0.2, 0.25) is 0 Å². The van der Waals surface area contributed by atoms with Crippen LogP contribution in [0.5, 0.6) is 11.5 Å². The van der Waals surface area contributed by atoms with Gasteiger partial charge in [-0.2, -0.15) is 4.31 Å². The lowest BCUT2D eigenvalue weighted by Crippen LogP contribution is -2.41. The van der Waals surface area contributed by atoms with Crippen molar-refractivity contribution >= 4 is 42.6 Å². The molecule has 0 saturated carbocycles. The van der Waals surface area contributed by atoms with Gasteiger partial charge in [-0.05, 0) is 31.0 Å². The minimum Gasteiger partial charge on any atom is -0.454 e. The van der Waals surface area contributed by atoms with E-state index in [9.17, 15) is 22.0 Å². The van der Waals surface area contributed by atoms with E-state index in [-0.39, 0.29) is 30.7 Å². The van der Waals surface area contributed by atoms with Gasteiger partial charge >= 0.3 is 0 Å². The standard InChI is InChI=1S/C20H17F2N3O5S2/c21-13-2-1-12(7-14(13)22)32(27,28)25-5-3-11(4-6-25)19(26)24-20-23-15-8-16-17(30-10-29-16)9-18(15)31-20/h1-2,7-9,11H,3-6,10H2,(H,23,24,26). The van der Waals surface area contributed by atoms with E-state index in [1.807, 2.05) is 6.07 Å². The van der Waals surface area contributed by atoms with Gasteiger partial charge in [0.2, 0.25) is 22.7 Å². The number of hydrogen-bond donors (Lipinski definition) is 1. The van der Waals surface area contributed by atoms with Crippen LogP contribution in [-0.4, -0.2) is 43.5 Å². The van der Waals surface area contributed by atoms with Crippen LogP contribution in [0.15, 0.2) is 35.2 Å². The van der Waals surface area contributed by atoms with Crippen molar-refractivity contribution in [1.29, 1.82) is 0 Å². The van der Waals surface area contributed by atoms with Crippen LogP contribution in [-0.2, 0) is 14.8 Å². The molecule has 1 fully saturated rings. The molecule has 3 heterocycles. The van der Waals surface area contributed by atoms with Crippen LogP contribution in [0.25, 0.3) is 10.2 Å². The second kappa shape index (κ2) is 7.94. The summed E-state index contributed by atoms with van der Waals surface area (Å²) in [4.78, 5) is 16.8. The summed E-state index contributed by atoms with van der Waals surface area (Å²) in [5, 5.41) is 3.24. The minimum atomic E-state index is -3.97. The van der Waals surface area contributed by atoms with E-state index in [1.165, 1.54) is 15.6 Å². The SMILES string of the molecule is O=C(Nc1nc2cc3c(cc2s1)OCO3)C1CCN(S(=O)(=O)c2ccc(F)c(F)c2)CC1. The molecule has 32 heavy (non-hydrogen) atoms. The van der Waals surface area contributed by atoms with E-state index in [1.54, 1.807) is 6.07 Å². The van der Waals surface area contributed by atoms with E-state index in [0.29, 0.717) is 41.1 Å². The van der Waals surface area contributed by atoms with Crippen LogP contribution >= 0.6 is 11.3 Å². The van der Waals surface area contributed by atoms with E-state index in [4.69, 9.17) is 9.47 Å². The van der Waals surface area contributed by atoms with Gasteiger partial charge in [0.15, 0.2) is 28.3 Å². The zero-order valence-electron chi connectivity index (χ0n) is 16.5. The number of hydrogen-bond acceptors (Lipinski definition) is 7. The zero-order valence-corrected chi connectivity index (χ0v) is 18.1. The maximum Gasteiger partial charge on any atom is 0.243 e. The van der Waals surface area contributed by atoms with Crippen LogP contribution in [0.1, 0.15) is 12.8 Å². The van der Waals surface area contributed by atoms with Gasteiger partial charge in [-0.3, -0.25) is 4.79 Å².